The summed E-state index contributed by atoms with van der Waals surface area (Å²) in [7, 11) is 0. The van der Waals surface area contributed by atoms with Crippen LogP contribution < -0.4 is 10.2 Å². The van der Waals surface area contributed by atoms with E-state index in [0.717, 1.165) is 12.4 Å². The zero-order valence-electron chi connectivity index (χ0n) is 11.8. The van der Waals surface area contributed by atoms with E-state index in [2.05, 4.69) is 9.98 Å². The summed E-state index contributed by atoms with van der Waals surface area (Å²) >= 11 is 0. The average Bonchev–Trinajstić information content (AvgIpc) is 2.47. The van der Waals surface area contributed by atoms with Crippen molar-refractivity contribution in [2.24, 2.45) is 9.98 Å². The molecule has 121 valence electrons. The van der Waals surface area contributed by atoms with Crippen molar-refractivity contribution < 1.29 is 35.8 Å². The molecular weight excluding hydrogens is 349 g/mol. The van der Waals surface area contributed by atoms with E-state index in [9.17, 15) is 19.0 Å². The molecule has 0 atom stereocenters. The van der Waals surface area contributed by atoms with Crippen molar-refractivity contribution in [3.05, 3.63) is 59.2 Å². The zero-order valence-corrected chi connectivity index (χ0v) is 12.9. The van der Waals surface area contributed by atoms with E-state index < -0.39 is 23.1 Å². The maximum atomic E-state index is 13.3. The Kier molecular flexibility index (Phi) is 7.37. The minimum Gasteiger partial charge on any atom is -0.872 e. The van der Waals surface area contributed by atoms with Crippen molar-refractivity contribution in [2.75, 3.05) is 13.1 Å². The summed E-state index contributed by atoms with van der Waals surface area (Å²) in [5.74, 6) is -2.17. The van der Waals surface area contributed by atoms with Crippen LogP contribution in [0.3, 0.4) is 0 Å². The van der Waals surface area contributed by atoms with Gasteiger partial charge in [0.25, 0.3) is 0 Å². The van der Waals surface area contributed by atoms with Crippen LogP contribution in [0, 0.1) is 11.6 Å². The van der Waals surface area contributed by atoms with E-state index in [1.165, 1.54) is 36.4 Å². The van der Waals surface area contributed by atoms with Crippen molar-refractivity contribution in [3.63, 3.8) is 0 Å². The number of benzene rings is 2. The van der Waals surface area contributed by atoms with Gasteiger partial charge in [0.2, 0.25) is 0 Å². The molecule has 0 N–H and O–H groups in total. The van der Waals surface area contributed by atoms with Gasteiger partial charge >= 0.3 is 16.8 Å². The summed E-state index contributed by atoms with van der Waals surface area (Å²) in [5.41, 5.74) is -0.218. The molecule has 0 spiro atoms. The van der Waals surface area contributed by atoms with Gasteiger partial charge in [-0.2, -0.15) is 0 Å². The normalized spacial score (nSPS) is 11.0. The van der Waals surface area contributed by atoms with E-state index in [0.29, 0.717) is 0 Å². The monoisotopic (exact) mass is 361 g/mol. The fourth-order valence-electron chi connectivity index (χ4n) is 1.71. The maximum absolute atomic E-state index is 13.3. The largest absolute Gasteiger partial charge is 2.00 e. The molecule has 0 amide bonds. The van der Waals surface area contributed by atoms with Gasteiger partial charge in [-0.25, -0.2) is 8.78 Å². The van der Waals surface area contributed by atoms with Crippen molar-refractivity contribution in [1.29, 1.82) is 0 Å². The molecule has 0 aromatic heterocycles. The molecule has 23 heavy (non-hydrogen) atoms. The molecule has 7 heteroatoms. The molecule has 1 radical (unpaired) electrons. The summed E-state index contributed by atoms with van der Waals surface area (Å²) in [6.45, 7) is 0.375. The number of rotatable bonds is 5. The van der Waals surface area contributed by atoms with Crippen LogP contribution in [-0.4, -0.2) is 25.5 Å². The molecule has 4 nitrogen and oxygen atoms in total. The van der Waals surface area contributed by atoms with Crippen LogP contribution in [0.1, 0.15) is 11.1 Å². The summed E-state index contributed by atoms with van der Waals surface area (Å²) in [4.78, 5) is 7.78. The third-order valence-corrected chi connectivity index (χ3v) is 2.82. The summed E-state index contributed by atoms with van der Waals surface area (Å²) in [6, 6.07) is 7.50. The Morgan fingerprint density at radius 1 is 0.783 bits per heavy atom. The number of hydrogen-bond acceptors (Lipinski definition) is 4. The molecule has 2 aromatic carbocycles. The number of aliphatic imine (C=N–C) groups is 2. The first-order chi connectivity index (χ1) is 10.6. The predicted octanol–water partition coefficient (Wildman–Crippen LogP) is 1.65. The Morgan fingerprint density at radius 3 is 1.52 bits per heavy atom. The second-order valence-electron chi connectivity index (χ2n) is 4.37. The van der Waals surface area contributed by atoms with Gasteiger partial charge in [0.15, 0.2) is 0 Å². The Morgan fingerprint density at radius 2 is 1.17 bits per heavy atom. The van der Waals surface area contributed by atoms with Gasteiger partial charge in [-0.05, 0) is 12.1 Å². The van der Waals surface area contributed by atoms with Crippen LogP contribution in [0.4, 0.5) is 8.78 Å². The van der Waals surface area contributed by atoms with Crippen molar-refractivity contribution in [2.45, 2.75) is 0 Å². The first-order valence-electron chi connectivity index (χ1n) is 6.50. The zero-order chi connectivity index (χ0) is 15.9. The van der Waals surface area contributed by atoms with Crippen LogP contribution in [0.15, 0.2) is 46.4 Å². The molecule has 0 bridgehead atoms. The van der Waals surface area contributed by atoms with Crippen molar-refractivity contribution >= 4 is 12.4 Å². The summed E-state index contributed by atoms with van der Waals surface area (Å²) in [6.07, 6.45) is 2.30. The van der Waals surface area contributed by atoms with Crippen LogP contribution >= 0.6 is 0 Å². The maximum Gasteiger partial charge on any atom is 2.00 e. The van der Waals surface area contributed by atoms with Gasteiger partial charge in [-0.1, -0.05) is 35.8 Å². The molecule has 0 aliphatic carbocycles. The van der Waals surface area contributed by atoms with Crippen LogP contribution in [0.2, 0.25) is 0 Å². The topological polar surface area (TPSA) is 70.8 Å². The smallest absolute Gasteiger partial charge is 0.872 e. The van der Waals surface area contributed by atoms with Gasteiger partial charge in [-0.3, -0.25) is 9.98 Å². The summed E-state index contributed by atoms with van der Waals surface area (Å²) < 4.78 is 26.7. The fourth-order valence-corrected chi connectivity index (χ4v) is 1.71. The molecule has 2 aromatic rings. The van der Waals surface area contributed by atoms with Gasteiger partial charge in [0, 0.05) is 23.6 Å². The SMILES string of the molecule is [Co+2].[O-]c1cccc(F)c1C=NCCN=Cc1c([O-])cccc1F. The van der Waals surface area contributed by atoms with E-state index in [4.69, 9.17) is 0 Å². The minimum absolute atomic E-state index is 0. The number of hydrogen-bond donors (Lipinski definition) is 0. The molecule has 0 fully saturated rings. The van der Waals surface area contributed by atoms with Crippen LogP contribution in [0.25, 0.3) is 0 Å². The van der Waals surface area contributed by atoms with Crippen molar-refractivity contribution in [3.8, 4) is 11.5 Å². The van der Waals surface area contributed by atoms with Crippen LogP contribution in [0.5, 0.6) is 11.5 Å². The van der Waals surface area contributed by atoms with Gasteiger partial charge in [-0.15, -0.1) is 0 Å². The second kappa shape index (κ2) is 9.01. The minimum atomic E-state index is -0.637. The number of halogens is 2. The molecule has 0 saturated heterocycles. The molecular formula is C16H12CoF2N2O2. The Hall–Kier alpha value is -2.25. The summed E-state index contributed by atoms with van der Waals surface area (Å²) in [5, 5.41) is 22.8. The predicted molar refractivity (Wildman–Crippen MR) is 76.6 cm³/mol. The Bertz CT molecular complexity index is 619. The molecule has 0 aliphatic rings. The Balaban J connectivity index is 0.00000264. The molecule has 0 heterocycles. The average molecular weight is 361 g/mol. The molecule has 0 aliphatic heterocycles. The van der Waals surface area contributed by atoms with E-state index in [1.807, 2.05) is 0 Å². The van der Waals surface area contributed by atoms with Gasteiger partial charge in [0.05, 0.1) is 13.1 Å². The first kappa shape index (κ1) is 18.8. The van der Waals surface area contributed by atoms with Crippen LogP contribution in [-0.2, 0) is 16.8 Å². The quantitative estimate of drug-likeness (QED) is 0.600. The standard InChI is InChI=1S/C16H14F2N2O2.Co/c17-13-3-1-5-15(21)11(13)9-19-7-8-20-10-12-14(18)4-2-6-16(12)22;/h1-6,9-10,21-22H,7-8H2;/q;+2/p-2. The van der Waals surface area contributed by atoms with E-state index in [-0.39, 0.29) is 41.0 Å². The first-order valence-corrected chi connectivity index (χ1v) is 6.50. The van der Waals surface area contributed by atoms with Gasteiger partial charge < -0.3 is 10.2 Å². The Labute approximate surface area is 142 Å². The third-order valence-electron chi connectivity index (χ3n) is 2.82. The fraction of sp³-hybridized carbons (Fsp3) is 0.125. The molecule has 0 unspecified atom stereocenters. The third kappa shape index (κ3) is 5.15. The van der Waals surface area contributed by atoms with Gasteiger partial charge in [0.1, 0.15) is 11.6 Å². The molecule has 0 saturated carbocycles. The second-order valence-corrected chi connectivity index (χ2v) is 4.37. The number of nitrogens with zero attached hydrogens (tertiary/aromatic N) is 2. The van der Waals surface area contributed by atoms with E-state index >= 15 is 0 Å². The molecule has 2 rings (SSSR count). The van der Waals surface area contributed by atoms with Crippen molar-refractivity contribution in [1.82, 2.24) is 0 Å². The van der Waals surface area contributed by atoms with E-state index in [1.54, 1.807) is 0 Å².